The van der Waals surface area contributed by atoms with Crippen molar-refractivity contribution in [1.29, 1.82) is 0 Å². The highest BCUT2D eigenvalue weighted by Gasteiger charge is 2.20. The maximum Gasteiger partial charge on any atom is 0.326 e. The van der Waals surface area contributed by atoms with Gasteiger partial charge < -0.3 is 10.4 Å². The minimum absolute atomic E-state index is 0.0651. The molecule has 1 aromatic rings. The van der Waals surface area contributed by atoms with E-state index in [1.807, 2.05) is 0 Å². The number of benzene rings is 1. The molecule has 8 heteroatoms. The van der Waals surface area contributed by atoms with E-state index < -0.39 is 22.8 Å². The Morgan fingerprint density at radius 2 is 2.16 bits per heavy atom. The van der Waals surface area contributed by atoms with Crippen molar-refractivity contribution in [3.05, 3.63) is 38.9 Å². The third kappa shape index (κ3) is 3.65. The Hall–Kier alpha value is -2.15. The molecule has 0 aromatic heterocycles. The highest BCUT2D eigenvalue weighted by atomic mass is 35.5. The number of carbonyl (C=O) groups is 2. The van der Waals surface area contributed by atoms with Crippen LogP contribution in [0.3, 0.4) is 0 Å². The number of carboxylic acids is 1. The average molecular weight is 287 g/mol. The van der Waals surface area contributed by atoms with Gasteiger partial charge in [0.05, 0.1) is 4.92 Å². The van der Waals surface area contributed by atoms with Gasteiger partial charge >= 0.3 is 5.97 Å². The van der Waals surface area contributed by atoms with Crippen LogP contribution >= 0.6 is 11.6 Å². The van der Waals surface area contributed by atoms with E-state index >= 15 is 0 Å². The molecule has 1 rings (SSSR count). The second kappa shape index (κ2) is 6.14. The van der Waals surface area contributed by atoms with Crippen LogP contribution < -0.4 is 5.32 Å². The van der Waals surface area contributed by atoms with Crippen molar-refractivity contribution in [3.8, 4) is 0 Å². The van der Waals surface area contributed by atoms with E-state index in [2.05, 4.69) is 5.32 Å². The lowest BCUT2D eigenvalue weighted by atomic mass is 10.1. The number of nitrogens with one attached hydrogen (secondary N) is 1. The monoisotopic (exact) mass is 286 g/mol. The molecular weight excluding hydrogens is 276 g/mol. The van der Waals surface area contributed by atoms with Crippen molar-refractivity contribution in [1.82, 2.24) is 5.32 Å². The fourth-order valence-electron chi connectivity index (χ4n) is 1.38. The van der Waals surface area contributed by atoms with Crippen LogP contribution in [0.2, 0.25) is 5.02 Å². The zero-order chi connectivity index (χ0) is 14.6. The summed E-state index contributed by atoms with van der Waals surface area (Å²) in [4.78, 5) is 32.4. The number of nitro benzene ring substituents is 1. The number of carbonyl (C=O) groups excluding carboxylic acids is 1. The normalized spacial score (nSPS) is 11.7. The molecule has 0 heterocycles. The Kier molecular flexibility index (Phi) is 4.82. The minimum Gasteiger partial charge on any atom is -0.480 e. The summed E-state index contributed by atoms with van der Waals surface area (Å²) in [6.45, 7) is 1.61. The molecule has 2 N–H and O–H groups in total. The molecule has 0 fully saturated rings. The maximum atomic E-state index is 11.7. The summed E-state index contributed by atoms with van der Waals surface area (Å²) in [5.41, 5.74) is -0.251. The first kappa shape index (κ1) is 14.9. The van der Waals surface area contributed by atoms with E-state index in [1.165, 1.54) is 6.07 Å². The Bertz CT molecular complexity index is 532. The van der Waals surface area contributed by atoms with Crippen molar-refractivity contribution in [3.63, 3.8) is 0 Å². The molecule has 1 aromatic carbocycles. The number of rotatable bonds is 5. The van der Waals surface area contributed by atoms with Gasteiger partial charge in [-0.15, -0.1) is 0 Å². The molecule has 0 saturated carbocycles. The molecular formula is C11H11ClN2O5. The molecule has 0 spiro atoms. The van der Waals surface area contributed by atoms with E-state index in [0.717, 1.165) is 12.1 Å². The van der Waals surface area contributed by atoms with Crippen LogP contribution in [-0.4, -0.2) is 27.9 Å². The Morgan fingerprint density at radius 3 is 2.58 bits per heavy atom. The van der Waals surface area contributed by atoms with E-state index in [0.29, 0.717) is 0 Å². The van der Waals surface area contributed by atoms with E-state index in [4.69, 9.17) is 16.7 Å². The summed E-state index contributed by atoms with van der Waals surface area (Å²) in [6.07, 6.45) is 0.224. The first-order chi connectivity index (χ1) is 8.86. The molecule has 0 bridgehead atoms. The smallest absolute Gasteiger partial charge is 0.326 e. The molecule has 102 valence electrons. The zero-order valence-electron chi connectivity index (χ0n) is 9.92. The fraction of sp³-hybridized carbons (Fsp3) is 0.273. The van der Waals surface area contributed by atoms with Gasteiger partial charge in [0.25, 0.3) is 11.6 Å². The summed E-state index contributed by atoms with van der Waals surface area (Å²) in [5.74, 6) is -1.80. The molecule has 1 amide bonds. The van der Waals surface area contributed by atoms with Crippen LogP contribution in [0.15, 0.2) is 18.2 Å². The van der Waals surface area contributed by atoms with Crippen LogP contribution in [-0.2, 0) is 4.79 Å². The highest BCUT2D eigenvalue weighted by Crippen LogP contribution is 2.24. The quantitative estimate of drug-likeness (QED) is 0.634. The molecule has 7 nitrogen and oxygen atoms in total. The van der Waals surface area contributed by atoms with Crippen LogP contribution in [0.5, 0.6) is 0 Å². The predicted molar refractivity (Wildman–Crippen MR) is 67.3 cm³/mol. The van der Waals surface area contributed by atoms with Gasteiger partial charge in [-0.25, -0.2) is 4.79 Å². The summed E-state index contributed by atoms with van der Waals surface area (Å²) < 4.78 is 0. The van der Waals surface area contributed by atoms with Gasteiger partial charge in [-0.1, -0.05) is 18.5 Å². The van der Waals surface area contributed by atoms with Gasteiger partial charge in [0.2, 0.25) is 0 Å². The van der Waals surface area contributed by atoms with Gasteiger partial charge in [-0.05, 0) is 18.6 Å². The predicted octanol–water partition coefficient (Wildman–Crippen LogP) is 1.84. The van der Waals surface area contributed by atoms with Crippen molar-refractivity contribution in [2.45, 2.75) is 19.4 Å². The SMILES string of the molecule is CC[C@H](NC(=O)c1ccc([N+](=O)[O-])c(Cl)c1)C(=O)O. The van der Waals surface area contributed by atoms with Gasteiger partial charge in [-0.3, -0.25) is 14.9 Å². The highest BCUT2D eigenvalue weighted by molar-refractivity contribution is 6.33. The number of nitrogens with zero attached hydrogens (tertiary/aromatic N) is 1. The van der Waals surface area contributed by atoms with Crippen molar-refractivity contribution < 1.29 is 19.6 Å². The van der Waals surface area contributed by atoms with Crippen molar-refractivity contribution in [2.75, 3.05) is 0 Å². The largest absolute Gasteiger partial charge is 0.480 e. The van der Waals surface area contributed by atoms with Crippen LogP contribution in [0.4, 0.5) is 5.69 Å². The van der Waals surface area contributed by atoms with Gasteiger partial charge in [0.1, 0.15) is 11.1 Å². The minimum atomic E-state index is -1.15. The zero-order valence-corrected chi connectivity index (χ0v) is 10.7. The number of nitro groups is 1. The number of hydrogen-bond acceptors (Lipinski definition) is 4. The Morgan fingerprint density at radius 1 is 1.53 bits per heavy atom. The van der Waals surface area contributed by atoms with Gasteiger partial charge in [0, 0.05) is 11.6 Å². The molecule has 0 aliphatic rings. The Labute approximate surface area is 113 Å². The number of amides is 1. The lowest BCUT2D eigenvalue weighted by molar-refractivity contribution is -0.384. The van der Waals surface area contributed by atoms with Crippen molar-refractivity contribution in [2.24, 2.45) is 0 Å². The second-order valence-electron chi connectivity index (χ2n) is 3.70. The first-order valence-corrected chi connectivity index (χ1v) is 5.72. The summed E-state index contributed by atoms with van der Waals surface area (Å²) in [6, 6.07) is 2.43. The van der Waals surface area contributed by atoms with Gasteiger partial charge in [-0.2, -0.15) is 0 Å². The van der Waals surface area contributed by atoms with E-state index in [1.54, 1.807) is 6.92 Å². The summed E-state index contributed by atoms with van der Waals surface area (Å²) in [7, 11) is 0. The topological polar surface area (TPSA) is 110 Å². The first-order valence-electron chi connectivity index (χ1n) is 5.34. The molecule has 0 radical (unpaired) electrons. The van der Waals surface area contributed by atoms with Gasteiger partial charge in [0.15, 0.2) is 0 Å². The lowest BCUT2D eigenvalue weighted by Crippen LogP contribution is -2.40. The molecule has 1 atom stereocenters. The third-order valence-corrected chi connectivity index (χ3v) is 2.72. The fourth-order valence-corrected chi connectivity index (χ4v) is 1.63. The van der Waals surface area contributed by atoms with Crippen LogP contribution in [0, 0.1) is 10.1 Å². The van der Waals surface area contributed by atoms with Crippen LogP contribution in [0.1, 0.15) is 23.7 Å². The number of hydrogen-bond donors (Lipinski definition) is 2. The number of aliphatic carboxylic acids is 1. The average Bonchev–Trinajstić information content (AvgIpc) is 2.34. The molecule has 0 aliphatic carbocycles. The van der Waals surface area contributed by atoms with Crippen LogP contribution in [0.25, 0.3) is 0 Å². The summed E-state index contributed by atoms with van der Waals surface area (Å²) in [5, 5.41) is 21.5. The molecule has 0 aliphatic heterocycles. The van der Waals surface area contributed by atoms with E-state index in [-0.39, 0.29) is 22.7 Å². The number of carboxylic acid groups (broad SMARTS) is 1. The maximum absolute atomic E-state index is 11.7. The summed E-state index contributed by atoms with van der Waals surface area (Å²) >= 11 is 5.66. The number of halogens is 1. The third-order valence-electron chi connectivity index (χ3n) is 2.42. The Balaban J connectivity index is 2.92. The lowest BCUT2D eigenvalue weighted by Gasteiger charge is -2.12. The second-order valence-corrected chi connectivity index (χ2v) is 4.10. The molecule has 0 saturated heterocycles. The van der Waals surface area contributed by atoms with E-state index in [9.17, 15) is 19.7 Å². The standard InChI is InChI=1S/C11H11ClN2O5/c1-2-8(11(16)17)13-10(15)6-3-4-9(14(18)19)7(12)5-6/h3-5,8H,2H2,1H3,(H,13,15)(H,16,17)/t8-/m0/s1. The molecule has 0 unspecified atom stereocenters. The molecule has 19 heavy (non-hydrogen) atoms. The van der Waals surface area contributed by atoms with Crippen molar-refractivity contribution >= 4 is 29.2 Å².